The largest absolute Gasteiger partial charge is 0.276 e. The second kappa shape index (κ2) is 5.55. The Bertz CT molecular complexity index is 548. The molecule has 4 heteroatoms. The van der Waals surface area contributed by atoms with Gasteiger partial charge in [-0.2, -0.15) is 5.10 Å². The highest BCUT2D eigenvalue weighted by molar-refractivity contribution is 5.40. The molecule has 1 atom stereocenters. The fourth-order valence-corrected chi connectivity index (χ4v) is 2.80. The zero-order valence-corrected chi connectivity index (χ0v) is 12.1. The molecule has 2 aromatic rings. The predicted octanol–water partition coefficient (Wildman–Crippen LogP) is 2.09. The Labute approximate surface area is 114 Å². The molecule has 1 unspecified atom stereocenters. The Balaban J connectivity index is 2.32. The van der Waals surface area contributed by atoms with E-state index in [0.29, 0.717) is 0 Å². The summed E-state index contributed by atoms with van der Waals surface area (Å²) in [4.78, 5) is 0. The summed E-state index contributed by atoms with van der Waals surface area (Å²) in [5, 5.41) is 4.20. The summed E-state index contributed by atoms with van der Waals surface area (Å²) in [7, 11) is 1.93. The standard InChI is InChI=1S/C15H22N4/c1-10-5-11(2)15(12(3)6-10)14(18-16)7-13-8-17-19(4)9-13/h5-6,8-9,14,18H,7,16H2,1-4H3. The summed E-state index contributed by atoms with van der Waals surface area (Å²) < 4.78 is 1.82. The number of aryl methyl sites for hydroxylation is 4. The number of rotatable bonds is 4. The molecular formula is C15H22N4. The normalized spacial score (nSPS) is 12.7. The van der Waals surface area contributed by atoms with Crippen molar-refractivity contribution in [1.82, 2.24) is 15.2 Å². The number of hydrazine groups is 1. The second-order valence-corrected chi connectivity index (χ2v) is 5.26. The Morgan fingerprint density at radius 2 is 1.89 bits per heavy atom. The van der Waals surface area contributed by atoms with Crippen molar-refractivity contribution < 1.29 is 0 Å². The van der Waals surface area contributed by atoms with Crippen molar-refractivity contribution >= 4 is 0 Å². The molecule has 0 amide bonds. The maximum absolute atomic E-state index is 5.76. The molecule has 0 fully saturated rings. The zero-order chi connectivity index (χ0) is 14.0. The van der Waals surface area contributed by atoms with Crippen LogP contribution in [-0.2, 0) is 13.5 Å². The number of aromatic nitrogens is 2. The van der Waals surface area contributed by atoms with Gasteiger partial charge < -0.3 is 0 Å². The highest BCUT2D eigenvalue weighted by Gasteiger charge is 2.16. The van der Waals surface area contributed by atoms with Crippen molar-refractivity contribution in [3.8, 4) is 0 Å². The molecule has 0 saturated carbocycles. The fraction of sp³-hybridized carbons (Fsp3) is 0.400. The monoisotopic (exact) mass is 258 g/mol. The Morgan fingerprint density at radius 3 is 2.37 bits per heavy atom. The summed E-state index contributed by atoms with van der Waals surface area (Å²) in [5.74, 6) is 5.76. The smallest absolute Gasteiger partial charge is 0.0522 e. The minimum Gasteiger partial charge on any atom is -0.276 e. The zero-order valence-electron chi connectivity index (χ0n) is 12.1. The molecule has 2 rings (SSSR count). The van der Waals surface area contributed by atoms with Crippen molar-refractivity contribution in [2.75, 3.05) is 0 Å². The maximum Gasteiger partial charge on any atom is 0.0522 e. The van der Waals surface area contributed by atoms with E-state index in [9.17, 15) is 0 Å². The third-order valence-electron chi connectivity index (χ3n) is 3.49. The van der Waals surface area contributed by atoms with Crippen LogP contribution in [-0.4, -0.2) is 9.78 Å². The van der Waals surface area contributed by atoms with Crippen molar-refractivity contribution in [3.63, 3.8) is 0 Å². The summed E-state index contributed by atoms with van der Waals surface area (Å²) in [5.41, 5.74) is 9.27. The van der Waals surface area contributed by atoms with E-state index in [1.165, 1.54) is 27.8 Å². The Morgan fingerprint density at radius 1 is 1.26 bits per heavy atom. The number of nitrogens with two attached hydrogens (primary N) is 1. The van der Waals surface area contributed by atoms with E-state index in [2.05, 4.69) is 43.4 Å². The molecule has 0 saturated heterocycles. The predicted molar refractivity (Wildman–Crippen MR) is 77.6 cm³/mol. The van der Waals surface area contributed by atoms with Crippen LogP contribution in [0.1, 0.15) is 33.9 Å². The van der Waals surface area contributed by atoms with E-state index in [1.54, 1.807) is 0 Å². The highest BCUT2D eigenvalue weighted by Crippen LogP contribution is 2.25. The van der Waals surface area contributed by atoms with E-state index < -0.39 is 0 Å². The van der Waals surface area contributed by atoms with Crippen LogP contribution < -0.4 is 11.3 Å². The lowest BCUT2D eigenvalue weighted by Gasteiger charge is -2.21. The molecule has 1 aromatic carbocycles. The van der Waals surface area contributed by atoms with Crippen LogP contribution in [0.3, 0.4) is 0 Å². The number of nitrogens with one attached hydrogen (secondary N) is 1. The van der Waals surface area contributed by atoms with Gasteiger partial charge in [0.2, 0.25) is 0 Å². The van der Waals surface area contributed by atoms with Crippen molar-refractivity contribution in [2.45, 2.75) is 33.2 Å². The molecule has 0 bridgehead atoms. The molecule has 0 spiro atoms. The van der Waals surface area contributed by atoms with Gasteiger partial charge in [0.05, 0.1) is 12.2 Å². The second-order valence-electron chi connectivity index (χ2n) is 5.26. The molecule has 0 aliphatic heterocycles. The van der Waals surface area contributed by atoms with E-state index >= 15 is 0 Å². The van der Waals surface area contributed by atoms with Gasteiger partial charge in [0.25, 0.3) is 0 Å². The maximum atomic E-state index is 5.76. The van der Waals surface area contributed by atoms with E-state index in [0.717, 1.165) is 6.42 Å². The van der Waals surface area contributed by atoms with Crippen molar-refractivity contribution in [1.29, 1.82) is 0 Å². The molecule has 1 aromatic heterocycles. The minimum atomic E-state index is 0.116. The van der Waals surface area contributed by atoms with Crippen LogP contribution in [0.15, 0.2) is 24.5 Å². The number of nitrogens with zero attached hydrogens (tertiary/aromatic N) is 2. The quantitative estimate of drug-likeness (QED) is 0.652. The minimum absolute atomic E-state index is 0.116. The molecule has 0 aliphatic rings. The highest BCUT2D eigenvalue weighted by atomic mass is 15.2. The lowest BCUT2D eigenvalue weighted by molar-refractivity contribution is 0.546. The van der Waals surface area contributed by atoms with Crippen LogP contribution >= 0.6 is 0 Å². The first kappa shape index (κ1) is 13.8. The molecular weight excluding hydrogens is 236 g/mol. The molecule has 0 radical (unpaired) electrons. The van der Waals surface area contributed by atoms with Gasteiger partial charge in [-0.05, 0) is 49.4 Å². The summed E-state index contributed by atoms with van der Waals surface area (Å²) in [6.07, 6.45) is 4.77. The first-order chi connectivity index (χ1) is 9.01. The molecule has 1 heterocycles. The third-order valence-corrected chi connectivity index (χ3v) is 3.49. The average Bonchev–Trinajstić information content (AvgIpc) is 2.72. The summed E-state index contributed by atoms with van der Waals surface area (Å²) >= 11 is 0. The average molecular weight is 258 g/mol. The molecule has 0 aliphatic carbocycles. The summed E-state index contributed by atoms with van der Waals surface area (Å²) in [6.45, 7) is 6.40. The van der Waals surface area contributed by atoms with Gasteiger partial charge in [-0.3, -0.25) is 16.0 Å². The van der Waals surface area contributed by atoms with Crippen LogP contribution in [0.5, 0.6) is 0 Å². The lowest BCUT2D eigenvalue weighted by Crippen LogP contribution is -2.30. The first-order valence-corrected chi connectivity index (χ1v) is 6.52. The Kier molecular flexibility index (Phi) is 4.02. The summed E-state index contributed by atoms with van der Waals surface area (Å²) in [6, 6.07) is 4.52. The fourth-order valence-electron chi connectivity index (χ4n) is 2.80. The van der Waals surface area contributed by atoms with Crippen LogP contribution in [0.25, 0.3) is 0 Å². The molecule has 4 nitrogen and oxygen atoms in total. The van der Waals surface area contributed by atoms with Gasteiger partial charge in [-0.15, -0.1) is 0 Å². The molecule has 102 valence electrons. The first-order valence-electron chi connectivity index (χ1n) is 6.52. The lowest BCUT2D eigenvalue weighted by atomic mass is 9.91. The molecule has 3 N–H and O–H groups in total. The van der Waals surface area contributed by atoms with Gasteiger partial charge in [0.15, 0.2) is 0 Å². The van der Waals surface area contributed by atoms with E-state index in [1.807, 2.05) is 24.1 Å². The van der Waals surface area contributed by atoms with E-state index in [-0.39, 0.29) is 6.04 Å². The van der Waals surface area contributed by atoms with Gasteiger partial charge in [-0.1, -0.05) is 17.7 Å². The number of benzene rings is 1. The van der Waals surface area contributed by atoms with Gasteiger partial charge in [-0.25, -0.2) is 0 Å². The van der Waals surface area contributed by atoms with Crippen molar-refractivity contribution in [3.05, 3.63) is 52.3 Å². The third kappa shape index (κ3) is 3.03. The molecule has 19 heavy (non-hydrogen) atoms. The number of hydrogen-bond donors (Lipinski definition) is 2. The SMILES string of the molecule is Cc1cc(C)c(C(Cc2cnn(C)c2)NN)c(C)c1. The van der Waals surface area contributed by atoms with Gasteiger partial charge in [0.1, 0.15) is 0 Å². The van der Waals surface area contributed by atoms with Crippen LogP contribution in [0.4, 0.5) is 0 Å². The van der Waals surface area contributed by atoms with Crippen LogP contribution in [0, 0.1) is 20.8 Å². The van der Waals surface area contributed by atoms with Gasteiger partial charge in [0, 0.05) is 13.2 Å². The van der Waals surface area contributed by atoms with Crippen molar-refractivity contribution in [2.24, 2.45) is 12.9 Å². The van der Waals surface area contributed by atoms with Crippen LogP contribution in [0.2, 0.25) is 0 Å². The van der Waals surface area contributed by atoms with Gasteiger partial charge >= 0.3 is 0 Å². The topological polar surface area (TPSA) is 55.9 Å². The Hall–Kier alpha value is -1.65. The van der Waals surface area contributed by atoms with E-state index in [4.69, 9.17) is 5.84 Å². The number of hydrogen-bond acceptors (Lipinski definition) is 3.